The molecule has 0 saturated carbocycles. The first-order valence-corrected chi connectivity index (χ1v) is 10.0. The molecule has 2 amide bonds. The first kappa shape index (κ1) is 20.1. The third-order valence-corrected chi connectivity index (χ3v) is 4.97. The number of hydrazone groups is 1. The van der Waals surface area contributed by atoms with E-state index in [9.17, 15) is 9.59 Å². The maximum Gasteiger partial charge on any atom is 0.271 e. The van der Waals surface area contributed by atoms with Gasteiger partial charge >= 0.3 is 0 Å². The SMILES string of the molecule is O=C(N/N=C\c1ccc(OCC(=O)N2CCCCC2)cc1)c1ccc(Br)cc1. The molecule has 1 aliphatic rings. The Bertz CT molecular complexity index is 829. The van der Waals surface area contributed by atoms with Gasteiger partial charge in [-0.2, -0.15) is 5.10 Å². The molecule has 7 heteroatoms. The molecule has 6 nitrogen and oxygen atoms in total. The highest BCUT2D eigenvalue weighted by Gasteiger charge is 2.16. The van der Waals surface area contributed by atoms with Crippen molar-refractivity contribution in [2.24, 2.45) is 5.10 Å². The fraction of sp³-hybridized carbons (Fsp3) is 0.286. The van der Waals surface area contributed by atoms with Gasteiger partial charge in [-0.05, 0) is 73.4 Å². The lowest BCUT2D eigenvalue weighted by Crippen LogP contribution is -2.38. The van der Waals surface area contributed by atoms with Gasteiger partial charge < -0.3 is 9.64 Å². The topological polar surface area (TPSA) is 71.0 Å². The summed E-state index contributed by atoms with van der Waals surface area (Å²) in [5.41, 5.74) is 3.83. The monoisotopic (exact) mass is 443 g/mol. The Morgan fingerprint density at radius 2 is 1.71 bits per heavy atom. The molecule has 0 aliphatic carbocycles. The van der Waals surface area contributed by atoms with Gasteiger partial charge in [0, 0.05) is 23.1 Å². The number of nitrogens with zero attached hydrogens (tertiary/aromatic N) is 2. The van der Waals surface area contributed by atoms with Crippen LogP contribution >= 0.6 is 15.9 Å². The smallest absolute Gasteiger partial charge is 0.271 e. The van der Waals surface area contributed by atoms with Crippen molar-refractivity contribution < 1.29 is 14.3 Å². The molecule has 1 fully saturated rings. The van der Waals surface area contributed by atoms with Gasteiger partial charge in [0.05, 0.1) is 6.21 Å². The van der Waals surface area contributed by atoms with Crippen LogP contribution in [0.3, 0.4) is 0 Å². The van der Waals surface area contributed by atoms with Crippen LogP contribution in [-0.4, -0.2) is 42.6 Å². The maximum absolute atomic E-state index is 12.1. The van der Waals surface area contributed by atoms with Crippen molar-refractivity contribution in [3.63, 3.8) is 0 Å². The van der Waals surface area contributed by atoms with Gasteiger partial charge in [-0.25, -0.2) is 5.43 Å². The maximum atomic E-state index is 12.1. The quantitative estimate of drug-likeness (QED) is 0.547. The highest BCUT2D eigenvalue weighted by molar-refractivity contribution is 9.10. The van der Waals surface area contributed by atoms with E-state index in [0.717, 1.165) is 36.0 Å². The van der Waals surface area contributed by atoms with Crippen LogP contribution in [0.2, 0.25) is 0 Å². The number of halogens is 1. The van der Waals surface area contributed by atoms with E-state index in [0.29, 0.717) is 11.3 Å². The van der Waals surface area contributed by atoms with E-state index >= 15 is 0 Å². The highest BCUT2D eigenvalue weighted by Crippen LogP contribution is 2.13. The lowest BCUT2D eigenvalue weighted by molar-refractivity contribution is -0.134. The van der Waals surface area contributed by atoms with Gasteiger partial charge in [0.1, 0.15) is 5.75 Å². The second-order valence-corrected chi connectivity index (χ2v) is 7.42. The van der Waals surface area contributed by atoms with E-state index in [-0.39, 0.29) is 18.4 Å². The zero-order valence-corrected chi connectivity index (χ0v) is 17.0. The number of likely N-dealkylation sites (tertiary alicyclic amines) is 1. The lowest BCUT2D eigenvalue weighted by Gasteiger charge is -2.26. The molecule has 146 valence electrons. The summed E-state index contributed by atoms with van der Waals surface area (Å²) < 4.78 is 6.49. The van der Waals surface area contributed by atoms with Crippen LogP contribution in [0.5, 0.6) is 5.75 Å². The van der Waals surface area contributed by atoms with Crippen molar-refractivity contribution in [2.45, 2.75) is 19.3 Å². The normalized spacial score (nSPS) is 14.1. The predicted molar refractivity (Wildman–Crippen MR) is 112 cm³/mol. The van der Waals surface area contributed by atoms with Crippen molar-refractivity contribution in [2.75, 3.05) is 19.7 Å². The van der Waals surface area contributed by atoms with E-state index < -0.39 is 0 Å². The molecule has 1 N–H and O–H groups in total. The molecule has 0 atom stereocenters. The van der Waals surface area contributed by atoms with Crippen LogP contribution in [0.15, 0.2) is 58.1 Å². The molecule has 0 radical (unpaired) electrons. The molecule has 0 spiro atoms. The summed E-state index contributed by atoms with van der Waals surface area (Å²) in [7, 11) is 0. The van der Waals surface area contributed by atoms with Crippen LogP contribution < -0.4 is 10.2 Å². The van der Waals surface area contributed by atoms with Gasteiger partial charge in [-0.15, -0.1) is 0 Å². The largest absolute Gasteiger partial charge is 0.484 e. The minimum atomic E-state index is -0.278. The summed E-state index contributed by atoms with van der Waals surface area (Å²) in [6.07, 6.45) is 4.88. The van der Waals surface area contributed by atoms with E-state index in [2.05, 4.69) is 26.5 Å². The van der Waals surface area contributed by atoms with Gasteiger partial charge in [0.2, 0.25) is 0 Å². The zero-order valence-electron chi connectivity index (χ0n) is 15.4. The summed E-state index contributed by atoms with van der Waals surface area (Å²) in [5, 5.41) is 3.97. The molecule has 2 aromatic carbocycles. The number of rotatable bonds is 6. The molecular formula is C21H22BrN3O3. The number of amides is 2. The molecule has 0 aromatic heterocycles. The minimum absolute atomic E-state index is 0.0287. The molecule has 0 unspecified atom stereocenters. The third kappa shape index (κ3) is 5.92. The van der Waals surface area contributed by atoms with E-state index in [4.69, 9.17) is 4.74 Å². The standard InChI is InChI=1S/C21H22BrN3O3/c22-18-8-6-17(7-9-18)21(27)24-23-14-16-4-10-19(11-5-16)28-15-20(26)25-12-2-1-3-13-25/h4-11,14H,1-3,12-13,15H2,(H,24,27)/b23-14-. The van der Waals surface area contributed by atoms with Crippen molar-refractivity contribution in [1.82, 2.24) is 10.3 Å². The summed E-state index contributed by atoms with van der Waals surface area (Å²) in [4.78, 5) is 26.0. The van der Waals surface area contributed by atoms with Gasteiger partial charge in [-0.3, -0.25) is 9.59 Å². The fourth-order valence-corrected chi connectivity index (χ4v) is 3.13. The van der Waals surface area contributed by atoms with Crippen molar-refractivity contribution in [3.05, 3.63) is 64.1 Å². The molecule has 1 aliphatic heterocycles. The van der Waals surface area contributed by atoms with E-state index in [1.54, 1.807) is 42.6 Å². The van der Waals surface area contributed by atoms with Crippen molar-refractivity contribution in [3.8, 4) is 5.75 Å². The number of ether oxygens (including phenoxy) is 1. The Kier molecular flexibility index (Phi) is 7.19. The number of piperidine rings is 1. The molecule has 1 heterocycles. The minimum Gasteiger partial charge on any atom is -0.484 e. The Morgan fingerprint density at radius 3 is 2.39 bits per heavy atom. The summed E-state index contributed by atoms with van der Waals surface area (Å²) in [5.74, 6) is 0.377. The first-order chi connectivity index (χ1) is 13.6. The van der Waals surface area contributed by atoms with E-state index in [1.165, 1.54) is 6.42 Å². The molecule has 2 aromatic rings. The molecule has 0 bridgehead atoms. The van der Waals surface area contributed by atoms with Crippen molar-refractivity contribution >= 4 is 34.0 Å². The Labute approximate surface area is 172 Å². The Balaban J connectivity index is 1.45. The average Bonchev–Trinajstić information content (AvgIpc) is 2.74. The van der Waals surface area contributed by atoms with Crippen LogP contribution in [0.1, 0.15) is 35.2 Å². The number of benzene rings is 2. The number of hydrogen-bond acceptors (Lipinski definition) is 4. The summed E-state index contributed by atoms with van der Waals surface area (Å²) in [6.45, 7) is 1.70. The van der Waals surface area contributed by atoms with Crippen LogP contribution in [0.25, 0.3) is 0 Å². The molecular weight excluding hydrogens is 422 g/mol. The lowest BCUT2D eigenvalue weighted by atomic mass is 10.1. The van der Waals surface area contributed by atoms with Crippen LogP contribution in [0, 0.1) is 0 Å². The molecule has 3 rings (SSSR count). The number of nitrogens with one attached hydrogen (secondary N) is 1. The second kappa shape index (κ2) is 10.0. The Hall–Kier alpha value is -2.67. The number of hydrogen-bond donors (Lipinski definition) is 1. The Morgan fingerprint density at radius 1 is 1.04 bits per heavy atom. The fourth-order valence-electron chi connectivity index (χ4n) is 2.86. The first-order valence-electron chi connectivity index (χ1n) is 9.21. The molecule has 28 heavy (non-hydrogen) atoms. The zero-order chi connectivity index (χ0) is 19.8. The van der Waals surface area contributed by atoms with Gasteiger partial charge in [0.25, 0.3) is 11.8 Å². The van der Waals surface area contributed by atoms with Crippen LogP contribution in [0.4, 0.5) is 0 Å². The van der Waals surface area contributed by atoms with E-state index in [1.807, 2.05) is 17.0 Å². The number of carbonyl (C=O) groups excluding carboxylic acids is 2. The average molecular weight is 444 g/mol. The number of carbonyl (C=O) groups is 2. The van der Waals surface area contributed by atoms with Crippen LogP contribution in [-0.2, 0) is 4.79 Å². The van der Waals surface area contributed by atoms with Crippen molar-refractivity contribution in [1.29, 1.82) is 0 Å². The summed E-state index contributed by atoms with van der Waals surface area (Å²) >= 11 is 3.33. The summed E-state index contributed by atoms with van der Waals surface area (Å²) in [6, 6.07) is 14.2. The molecule has 1 saturated heterocycles. The predicted octanol–water partition coefficient (Wildman–Crippen LogP) is 3.60. The van der Waals surface area contributed by atoms with Gasteiger partial charge in [0.15, 0.2) is 6.61 Å². The third-order valence-electron chi connectivity index (χ3n) is 4.44. The highest BCUT2D eigenvalue weighted by atomic mass is 79.9. The second-order valence-electron chi connectivity index (χ2n) is 6.51. The van der Waals surface area contributed by atoms with Gasteiger partial charge in [-0.1, -0.05) is 15.9 Å².